The summed E-state index contributed by atoms with van der Waals surface area (Å²) in [7, 11) is 0. The molecule has 0 heterocycles. The number of para-hydroxylation sites is 1. The molecule has 0 aromatic heterocycles. The van der Waals surface area contributed by atoms with Crippen LogP contribution >= 0.6 is 0 Å². The molecule has 0 fully saturated rings. The Kier molecular flexibility index (Phi) is 4.50. The normalized spacial score (nSPS) is 9.71. The fourth-order valence-corrected chi connectivity index (χ4v) is 0.953. The number of hydrogen-bond donors (Lipinski definition) is 2. The first-order chi connectivity index (χ1) is 6.79. The van der Waals surface area contributed by atoms with Crippen LogP contribution in [0.1, 0.15) is 0 Å². The molecule has 0 spiro atoms. The Hall–Kier alpha value is -1.55. The Balaban J connectivity index is 2.08. The van der Waals surface area contributed by atoms with E-state index in [4.69, 9.17) is 9.84 Å². The lowest BCUT2D eigenvalue weighted by molar-refractivity contribution is -0.135. The smallest absolute Gasteiger partial charge is 0.317 e. The zero-order valence-corrected chi connectivity index (χ0v) is 7.77. The average molecular weight is 195 g/mol. The second-order valence-electron chi connectivity index (χ2n) is 2.73. The van der Waals surface area contributed by atoms with Crippen molar-refractivity contribution >= 4 is 5.97 Å². The number of carboxylic acids is 1. The van der Waals surface area contributed by atoms with Crippen molar-refractivity contribution in [3.8, 4) is 5.75 Å². The number of carboxylic acid groups (broad SMARTS) is 1. The van der Waals surface area contributed by atoms with Gasteiger partial charge in [0.15, 0.2) is 0 Å². The Morgan fingerprint density at radius 2 is 2.07 bits per heavy atom. The van der Waals surface area contributed by atoms with Crippen molar-refractivity contribution in [1.82, 2.24) is 5.32 Å². The molecule has 4 heteroatoms. The zero-order valence-electron chi connectivity index (χ0n) is 7.77. The molecule has 0 aliphatic rings. The molecule has 1 aromatic carbocycles. The van der Waals surface area contributed by atoms with E-state index in [1.807, 2.05) is 30.3 Å². The number of benzene rings is 1. The molecule has 1 rings (SSSR count). The number of carbonyl (C=O) groups is 1. The van der Waals surface area contributed by atoms with Crippen molar-refractivity contribution in [2.45, 2.75) is 0 Å². The number of nitrogens with one attached hydrogen (secondary N) is 1. The summed E-state index contributed by atoms with van der Waals surface area (Å²) in [5.41, 5.74) is 0. The summed E-state index contributed by atoms with van der Waals surface area (Å²) in [6, 6.07) is 9.41. The van der Waals surface area contributed by atoms with Gasteiger partial charge in [0.2, 0.25) is 0 Å². The Morgan fingerprint density at radius 3 is 2.71 bits per heavy atom. The van der Waals surface area contributed by atoms with E-state index in [-0.39, 0.29) is 6.54 Å². The number of aliphatic carboxylic acids is 1. The van der Waals surface area contributed by atoms with Crippen LogP contribution in [0, 0.1) is 0 Å². The SMILES string of the molecule is O=C(O)CNCCOc1ccccc1. The third kappa shape index (κ3) is 4.47. The third-order valence-electron chi connectivity index (χ3n) is 1.57. The Labute approximate surface area is 82.5 Å². The molecule has 0 saturated heterocycles. The Bertz CT molecular complexity index is 274. The maximum atomic E-state index is 10.1. The van der Waals surface area contributed by atoms with Gasteiger partial charge in [-0.25, -0.2) is 0 Å². The predicted molar refractivity (Wildman–Crippen MR) is 52.4 cm³/mol. The second kappa shape index (κ2) is 5.99. The fraction of sp³-hybridized carbons (Fsp3) is 0.300. The summed E-state index contributed by atoms with van der Waals surface area (Å²) in [6.07, 6.45) is 0. The van der Waals surface area contributed by atoms with E-state index in [0.29, 0.717) is 13.2 Å². The lowest BCUT2D eigenvalue weighted by atomic mass is 10.3. The first-order valence-corrected chi connectivity index (χ1v) is 4.39. The van der Waals surface area contributed by atoms with Crippen LogP contribution in [0.5, 0.6) is 5.75 Å². The summed E-state index contributed by atoms with van der Waals surface area (Å²) in [5, 5.41) is 11.1. The number of rotatable bonds is 6. The van der Waals surface area contributed by atoms with Gasteiger partial charge in [-0.2, -0.15) is 0 Å². The third-order valence-corrected chi connectivity index (χ3v) is 1.57. The van der Waals surface area contributed by atoms with Crippen LogP contribution in [-0.2, 0) is 4.79 Å². The highest BCUT2D eigenvalue weighted by Crippen LogP contribution is 2.07. The van der Waals surface area contributed by atoms with Gasteiger partial charge in [-0.3, -0.25) is 4.79 Å². The molecular weight excluding hydrogens is 182 g/mol. The van der Waals surface area contributed by atoms with Crippen molar-refractivity contribution in [2.24, 2.45) is 0 Å². The molecule has 0 aliphatic heterocycles. The van der Waals surface area contributed by atoms with Crippen molar-refractivity contribution in [2.75, 3.05) is 19.7 Å². The maximum Gasteiger partial charge on any atom is 0.317 e. The van der Waals surface area contributed by atoms with Gasteiger partial charge in [-0.05, 0) is 12.1 Å². The molecule has 0 saturated carbocycles. The molecule has 0 amide bonds. The van der Waals surface area contributed by atoms with Crippen molar-refractivity contribution in [1.29, 1.82) is 0 Å². The van der Waals surface area contributed by atoms with Crippen LogP contribution in [0.3, 0.4) is 0 Å². The van der Waals surface area contributed by atoms with Crippen molar-refractivity contribution in [3.05, 3.63) is 30.3 Å². The van der Waals surface area contributed by atoms with Crippen molar-refractivity contribution in [3.63, 3.8) is 0 Å². The lowest BCUT2D eigenvalue weighted by Gasteiger charge is -2.05. The lowest BCUT2D eigenvalue weighted by Crippen LogP contribution is -2.26. The van der Waals surface area contributed by atoms with Gasteiger partial charge in [-0.1, -0.05) is 18.2 Å². The van der Waals surface area contributed by atoms with E-state index >= 15 is 0 Å². The molecule has 4 nitrogen and oxygen atoms in total. The zero-order chi connectivity index (χ0) is 10.2. The Morgan fingerprint density at radius 1 is 1.36 bits per heavy atom. The van der Waals surface area contributed by atoms with E-state index in [0.717, 1.165) is 5.75 Å². The highest BCUT2D eigenvalue weighted by molar-refractivity contribution is 5.68. The molecule has 0 bridgehead atoms. The van der Waals surface area contributed by atoms with Gasteiger partial charge in [0.25, 0.3) is 0 Å². The molecule has 0 atom stereocenters. The molecule has 0 radical (unpaired) electrons. The van der Waals surface area contributed by atoms with Gasteiger partial charge < -0.3 is 15.2 Å². The minimum atomic E-state index is -0.857. The van der Waals surface area contributed by atoms with Crippen LogP contribution in [0.2, 0.25) is 0 Å². The molecule has 76 valence electrons. The van der Waals surface area contributed by atoms with E-state index < -0.39 is 5.97 Å². The summed E-state index contributed by atoms with van der Waals surface area (Å²) in [5.74, 6) is -0.0608. The largest absolute Gasteiger partial charge is 0.492 e. The maximum absolute atomic E-state index is 10.1. The van der Waals surface area contributed by atoms with Crippen LogP contribution in [0.15, 0.2) is 30.3 Å². The fourth-order valence-electron chi connectivity index (χ4n) is 0.953. The highest BCUT2D eigenvalue weighted by atomic mass is 16.5. The molecular formula is C10H13NO3. The van der Waals surface area contributed by atoms with Crippen molar-refractivity contribution < 1.29 is 14.6 Å². The second-order valence-corrected chi connectivity index (χ2v) is 2.73. The van der Waals surface area contributed by atoms with E-state index in [9.17, 15) is 4.79 Å². The van der Waals surface area contributed by atoms with Crippen LogP contribution < -0.4 is 10.1 Å². The molecule has 0 aliphatic carbocycles. The minimum absolute atomic E-state index is 0.0296. The summed E-state index contributed by atoms with van der Waals surface area (Å²) in [4.78, 5) is 10.1. The molecule has 1 aromatic rings. The van der Waals surface area contributed by atoms with Crippen LogP contribution in [0.4, 0.5) is 0 Å². The summed E-state index contributed by atoms with van der Waals surface area (Å²) in [6.45, 7) is 0.969. The van der Waals surface area contributed by atoms with E-state index in [1.165, 1.54) is 0 Å². The summed E-state index contributed by atoms with van der Waals surface area (Å²) >= 11 is 0. The summed E-state index contributed by atoms with van der Waals surface area (Å²) < 4.78 is 5.33. The quantitative estimate of drug-likeness (QED) is 0.657. The van der Waals surface area contributed by atoms with Gasteiger partial charge >= 0.3 is 5.97 Å². The molecule has 2 N–H and O–H groups in total. The average Bonchev–Trinajstić information content (AvgIpc) is 2.18. The van der Waals surface area contributed by atoms with E-state index in [2.05, 4.69) is 5.32 Å². The molecule has 0 unspecified atom stereocenters. The van der Waals surface area contributed by atoms with Crippen LogP contribution in [0.25, 0.3) is 0 Å². The topological polar surface area (TPSA) is 58.6 Å². The monoisotopic (exact) mass is 195 g/mol. The van der Waals surface area contributed by atoms with Crippen LogP contribution in [-0.4, -0.2) is 30.8 Å². The standard InChI is InChI=1S/C10H13NO3/c12-10(13)8-11-6-7-14-9-4-2-1-3-5-9/h1-5,11H,6-8H2,(H,12,13). The first-order valence-electron chi connectivity index (χ1n) is 4.39. The highest BCUT2D eigenvalue weighted by Gasteiger charge is 1.95. The van der Waals surface area contributed by atoms with Gasteiger partial charge in [0.1, 0.15) is 12.4 Å². The van der Waals surface area contributed by atoms with Gasteiger partial charge in [0, 0.05) is 6.54 Å². The molecule has 14 heavy (non-hydrogen) atoms. The number of hydrogen-bond acceptors (Lipinski definition) is 3. The first kappa shape index (κ1) is 10.5. The van der Waals surface area contributed by atoms with E-state index in [1.54, 1.807) is 0 Å². The van der Waals surface area contributed by atoms with Gasteiger partial charge in [0.05, 0.1) is 6.54 Å². The van der Waals surface area contributed by atoms with Gasteiger partial charge in [-0.15, -0.1) is 0 Å². The number of ether oxygens (including phenoxy) is 1. The minimum Gasteiger partial charge on any atom is -0.492 e. The predicted octanol–water partition coefficient (Wildman–Crippen LogP) is 0.740.